The summed E-state index contributed by atoms with van der Waals surface area (Å²) in [6, 6.07) is 0. The van der Waals surface area contributed by atoms with Crippen LogP contribution in [-0.2, 0) is 24.6 Å². The van der Waals surface area contributed by atoms with Crippen molar-refractivity contribution in [1.29, 1.82) is 0 Å². The van der Waals surface area contributed by atoms with E-state index < -0.39 is 0 Å². The Morgan fingerprint density at radius 1 is 1.45 bits per heavy atom. The molecule has 0 bridgehead atoms. The van der Waals surface area contributed by atoms with Gasteiger partial charge in [0.25, 0.3) is 0 Å². The summed E-state index contributed by atoms with van der Waals surface area (Å²) in [5.41, 5.74) is 0. The molecule has 2 rings (SSSR count). The van der Waals surface area contributed by atoms with Gasteiger partial charge in [0.15, 0.2) is 10.6 Å². The Kier molecular flexibility index (Phi) is 6.55. The van der Waals surface area contributed by atoms with E-state index in [1.807, 2.05) is 9.25 Å². The lowest BCUT2D eigenvalue weighted by atomic mass is 10.2. The minimum absolute atomic E-state index is 0.0727. The molecule has 7 heteroatoms. The summed E-state index contributed by atoms with van der Waals surface area (Å²) in [6.45, 7) is 10.6. The Hall–Kier alpha value is -0.760. The van der Waals surface area contributed by atoms with E-state index in [2.05, 4.69) is 30.8 Å². The number of ether oxygens (including phenoxy) is 1. The Labute approximate surface area is 137 Å². The van der Waals surface area contributed by atoms with Crippen LogP contribution in [0.4, 0.5) is 0 Å². The molecular formula is C15H28N4O2S. The molecule has 22 heavy (non-hydrogen) atoms. The molecule has 0 radical (unpaired) electrons. The largest absolute Gasteiger partial charge is 0.388 e. The van der Waals surface area contributed by atoms with Crippen LogP contribution in [0.2, 0.25) is 0 Å². The van der Waals surface area contributed by atoms with Gasteiger partial charge in [-0.05, 0) is 31.0 Å². The SMILES string of the molecule is CCCn1c(CO)nn(CN2CCC(OCC(C)C)C2)c1=S. The lowest BCUT2D eigenvalue weighted by Gasteiger charge is -2.16. The molecule has 0 spiro atoms. The van der Waals surface area contributed by atoms with E-state index in [9.17, 15) is 5.11 Å². The highest BCUT2D eigenvalue weighted by molar-refractivity contribution is 7.71. The van der Waals surface area contributed by atoms with Crippen molar-refractivity contribution in [3.05, 3.63) is 10.6 Å². The maximum atomic E-state index is 9.43. The van der Waals surface area contributed by atoms with E-state index in [1.165, 1.54) is 0 Å². The van der Waals surface area contributed by atoms with Gasteiger partial charge in [0, 0.05) is 26.2 Å². The molecular weight excluding hydrogens is 300 g/mol. The van der Waals surface area contributed by atoms with Crippen molar-refractivity contribution in [2.45, 2.75) is 59.5 Å². The van der Waals surface area contributed by atoms with Crippen LogP contribution in [0.1, 0.15) is 39.4 Å². The zero-order valence-corrected chi connectivity index (χ0v) is 14.7. The second-order valence-corrected chi connectivity index (χ2v) is 6.73. The predicted molar refractivity (Wildman–Crippen MR) is 88.0 cm³/mol. The molecule has 1 N–H and O–H groups in total. The number of hydrogen-bond acceptors (Lipinski definition) is 5. The van der Waals surface area contributed by atoms with Gasteiger partial charge in [-0.2, -0.15) is 5.10 Å². The van der Waals surface area contributed by atoms with Crippen LogP contribution in [0.5, 0.6) is 0 Å². The van der Waals surface area contributed by atoms with Crippen molar-refractivity contribution >= 4 is 12.2 Å². The van der Waals surface area contributed by atoms with E-state index in [0.717, 1.165) is 39.1 Å². The van der Waals surface area contributed by atoms with Gasteiger partial charge in [-0.15, -0.1) is 0 Å². The van der Waals surface area contributed by atoms with Crippen LogP contribution < -0.4 is 0 Å². The number of nitrogens with zero attached hydrogens (tertiary/aromatic N) is 4. The molecule has 1 unspecified atom stereocenters. The van der Waals surface area contributed by atoms with Crippen molar-refractivity contribution in [3.8, 4) is 0 Å². The number of aliphatic hydroxyl groups is 1. The highest BCUT2D eigenvalue weighted by Crippen LogP contribution is 2.15. The van der Waals surface area contributed by atoms with Gasteiger partial charge >= 0.3 is 0 Å². The summed E-state index contributed by atoms with van der Waals surface area (Å²) in [5.74, 6) is 1.22. The molecule has 0 saturated carbocycles. The summed E-state index contributed by atoms with van der Waals surface area (Å²) >= 11 is 5.49. The number of likely N-dealkylation sites (tertiary alicyclic amines) is 1. The fourth-order valence-corrected chi connectivity index (χ4v) is 3.02. The van der Waals surface area contributed by atoms with Crippen LogP contribution in [-0.4, -0.2) is 50.2 Å². The zero-order valence-electron chi connectivity index (χ0n) is 13.9. The topological polar surface area (TPSA) is 55.5 Å². The van der Waals surface area contributed by atoms with Crippen LogP contribution in [0.15, 0.2) is 0 Å². The molecule has 0 aliphatic carbocycles. The van der Waals surface area contributed by atoms with Gasteiger partial charge in [0.2, 0.25) is 0 Å². The molecule has 1 aliphatic rings. The number of hydrogen-bond donors (Lipinski definition) is 1. The van der Waals surface area contributed by atoms with Crippen molar-refractivity contribution < 1.29 is 9.84 Å². The summed E-state index contributed by atoms with van der Waals surface area (Å²) < 4.78 is 10.4. The highest BCUT2D eigenvalue weighted by atomic mass is 32.1. The fourth-order valence-electron chi connectivity index (χ4n) is 2.72. The first kappa shape index (κ1) is 17.6. The normalized spacial score (nSPS) is 19.4. The molecule has 1 fully saturated rings. The van der Waals surface area contributed by atoms with E-state index in [-0.39, 0.29) is 6.61 Å². The lowest BCUT2D eigenvalue weighted by molar-refractivity contribution is 0.0392. The van der Waals surface area contributed by atoms with E-state index in [1.54, 1.807) is 0 Å². The van der Waals surface area contributed by atoms with Gasteiger partial charge in [-0.25, -0.2) is 4.68 Å². The monoisotopic (exact) mass is 328 g/mol. The Morgan fingerprint density at radius 3 is 2.86 bits per heavy atom. The van der Waals surface area contributed by atoms with Gasteiger partial charge in [-0.3, -0.25) is 4.90 Å². The molecule has 0 amide bonds. The van der Waals surface area contributed by atoms with Crippen molar-refractivity contribution in [1.82, 2.24) is 19.2 Å². The molecule has 6 nitrogen and oxygen atoms in total. The molecule has 0 aromatic carbocycles. The second kappa shape index (κ2) is 8.19. The molecule has 1 atom stereocenters. The van der Waals surface area contributed by atoms with Gasteiger partial charge in [0.05, 0.1) is 12.8 Å². The third-order valence-corrected chi connectivity index (χ3v) is 4.25. The Bertz CT molecular complexity index is 526. The van der Waals surface area contributed by atoms with E-state index >= 15 is 0 Å². The molecule has 1 aromatic heterocycles. The molecule has 126 valence electrons. The average Bonchev–Trinajstić information content (AvgIpc) is 3.05. The van der Waals surface area contributed by atoms with Crippen molar-refractivity contribution in [2.24, 2.45) is 5.92 Å². The molecule has 1 aromatic rings. The third kappa shape index (κ3) is 4.38. The number of rotatable bonds is 8. The zero-order chi connectivity index (χ0) is 16.1. The second-order valence-electron chi connectivity index (χ2n) is 6.36. The van der Waals surface area contributed by atoms with Crippen molar-refractivity contribution in [2.75, 3.05) is 19.7 Å². The van der Waals surface area contributed by atoms with Crippen molar-refractivity contribution in [3.63, 3.8) is 0 Å². The van der Waals surface area contributed by atoms with Crippen LogP contribution >= 0.6 is 12.2 Å². The molecule has 1 aliphatic heterocycles. The summed E-state index contributed by atoms with van der Waals surface area (Å²) in [7, 11) is 0. The maximum absolute atomic E-state index is 9.43. The first-order valence-electron chi connectivity index (χ1n) is 8.16. The maximum Gasteiger partial charge on any atom is 0.199 e. The minimum Gasteiger partial charge on any atom is -0.388 e. The molecule has 1 saturated heterocycles. The lowest BCUT2D eigenvalue weighted by Crippen LogP contribution is -2.27. The molecule has 2 heterocycles. The predicted octanol–water partition coefficient (Wildman–Crippen LogP) is 2.02. The minimum atomic E-state index is -0.0727. The number of aliphatic hydroxyl groups excluding tert-OH is 1. The fraction of sp³-hybridized carbons (Fsp3) is 0.867. The van der Waals surface area contributed by atoms with Crippen LogP contribution in [0.25, 0.3) is 0 Å². The Balaban J connectivity index is 1.96. The first-order valence-corrected chi connectivity index (χ1v) is 8.57. The quantitative estimate of drug-likeness (QED) is 0.740. The van der Waals surface area contributed by atoms with Crippen LogP contribution in [0.3, 0.4) is 0 Å². The van der Waals surface area contributed by atoms with Gasteiger partial charge in [0.1, 0.15) is 6.61 Å². The first-order chi connectivity index (χ1) is 10.5. The standard InChI is InChI=1S/C15H28N4O2S/c1-4-6-18-14(9-20)16-19(15(18)22)11-17-7-5-13(8-17)21-10-12(2)3/h12-13,20H,4-11H2,1-3H3. The highest BCUT2D eigenvalue weighted by Gasteiger charge is 2.24. The van der Waals surface area contributed by atoms with Gasteiger partial charge < -0.3 is 14.4 Å². The summed E-state index contributed by atoms with van der Waals surface area (Å²) in [6.07, 6.45) is 2.34. The smallest absolute Gasteiger partial charge is 0.199 e. The summed E-state index contributed by atoms with van der Waals surface area (Å²) in [5, 5.41) is 13.9. The summed E-state index contributed by atoms with van der Waals surface area (Å²) in [4.78, 5) is 2.31. The number of aromatic nitrogens is 3. The Morgan fingerprint density at radius 2 is 2.23 bits per heavy atom. The average molecular weight is 328 g/mol. The van der Waals surface area contributed by atoms with Crippen LogP contribution in [0, 0.1) is 10.7 Å². The van der Waals surface area contributed by atoms with Gasteiger partial charge in [-0.1, -0.05) is 20.8 Å². The van der Waals surface area contributed by atoms with E-state index in [4.69, 9.17) is 17.0 Å². The third-order valence-electron chi connectivity index (χ3n) is 3.82. The van der Waals surface area contributed by atoms with E-state index in [0.29, 0.717) is 29.3 Å².